The molecule has 8 nitrogen and oxygen atoms in total. The molecular formula is C29H29F2N5O3S2. The van der Waals surface area contributed by atoms with E-state index in [1.807, 2.05) is 29.2 Å². The van der Waals surface area contributed by atoms with E-state index in [0.29, 0.717) is 55.0 Å². The van der Waals surface area contributed by atoms with Crippen molar-refractivity contribution >= 4 is 32.8 Å². The Hall–Kier alpha value is -3.43. The molecule has 1 saturated heterocycles. The number of nitrogens with one attached hydrogen (secondary N) is 1. The Kier molecular flexibility index (Phi) is 7.28. The fourth-order valence-electron chi connectivity index (χ4n) is 5.69. The molecule has 3 aliphatic rings. The van der Waals surface area contributed by atoms with Crippen molar-refractivity contribution in [2.24, 2.45) is 5.92 Å². The van der Waals surface area contributed by atoms with Crippen LogP contribution in [0.3, 0.4) is 0 Å². The van der Waals surface area contributed by atoms with Crippen LogP contribution in [0.15, 0.2) is 42.7 Å². The van der Waals surface area contributed by atoms with Gasteiger partial charge in [0, 0.05) is 42.4 Å². The van der Waals surface area contributed by atoms with Crippen molar-refractivity contribution in [2.75, 3.05) is 29.5 Å². The summed E-state index contributed by atoms with van der Waals surface area (Å²) in [4.78, 5) is 25.1. The van der Waals surface area contributed by atoms with Crippen molar-refractivity contribution in [1.29, 1.82) is 5.26 Å². The fraction of sp³-hybridized carbons (Fsp3) is 0.448. The monoisotopic (exact) mass is 597 g/mol. The average Bonchev–Trinajstić information content (AvgIpc) is 3.59. The number of pyridine rings is 1. The first-order valence-electron chi connectivity index (χ1n) is 13.7. The summed E-state index contributed by atoms with van der Waals surface area (Å²) < 4.78 is 52.4. The Balaban J connectivity index is 1.36. The summed E-state index contributed by atoms with van der Waals surface area (Å²) in [6.45, 7) is 0.856. The maximum atomic E-state index is 14.7. The summed E-state index contributed by atoms with van der Waals surface area (Å²) in [5.74, 6) is -1.67. The van der Waals surface area contributed by atoms with E-state index in [0.717, 1.165) is 22.3 Å². The van der Waals surface area contributed by atoms with Gasteiger partial charge in [-0.25, -0.2) is 22.2 Å². The highest BCUT2D eigenvalue weighted by atomic mass is 32.2. The van der Waals surface area contributed by atoms with Gasteiger partial charge in [-0.15, -0.1) is 11.3 Å². The van der Waals surface area contributed by atoms with Gasteiger partial charge < -0.3 is 10.2 Å². The smallest absolute Gasteiger partial charge is 0.225 e. The molecule has 0 radical (unpaired) electrons. The van der Waals surface area contributed by atoms with Crippen LogP contribution in [0.4, 0.5) is 14.5 Å². The zero-order valence-corrected chi connectivity index (χ0v) is 23.9. The summed E-state index contributed by atoms with van der Waals surface area (Å²) in [6, 6.07) is 11.3. The van der Waals surface area contributed by atoms with Crippen molar-refractivity contribution in [3.05, 3.63) is 54.2 Å². The molecule has 12 heteroatoms. The third-order valence-electron chi connectivity index (χ3n) is 8.25. The number of alkyl halides is 1. The maximum Gasteiger partial charge on any atom is 0.225 e. The van der Waals surface area contributed by atoms with Crippen molar-refractivity contribution < 1.29 is 22.0 Å². The van der Waals surface area contributed by atoms with Gasteiger partial charge in [-0.2, -0.15) is 5.26 Å². The highest BCUT2D eigenvalue weighted by molar-refractivity contribution is 7.91. The Morgan fingerprint density at radius 3 is 2.51 bits per heavy atom. The summed E-state index contributed by atoms with van der Waals surface area (Å²) >= 11 is 1.37. The van der Waals surface area contributed by atoms with Crippen LogP contribution in [0.5, 0.6) is 0 Å². The van der Waals surface area contributed by atoms with E-state index in [2.05, 4.69) is 16.4 Å². The van der Waals surface area contributed by atoms with Gasteiger partial charge in [-0.3, -0.25) is 9.78 Å². The number of nitriles is 1. The Morgan fingerprint density at radius 1 is 1.12 bits per heavy atom. The van der Waals surface area contributed by atoms with Crippen LogP contribution < -0.4 is 10.2 Å². The zero-order chi connectivity index (χ0) is 28.8. The van der Waals surface area contributed by atoms with Crippen LogP contribution in [0, 0.1) is 23.1 Å². The number of carbonyl (C=O) groups is 1. The van der Waals surface area contributed by atoms with Crippen LogP contribution in [0.1, 0.15) is 43.7 Å². The molecule has 41 heavy (non-hydrogen) atoms. The molecule has 1 aliphatic heterocycles. The highest BCUT2D eigenvalue weighted by Gasteiger charge is 2.48. The van der Waals surface area contributed by atoms with Crippen LogP contribution in [-0.2, 0) is 14.6 Å². The Morgan fingerprint density at radius 2 is 1.85 bits per heavy atom. The van der Waals surface area contributed by atoms with E-state index < -0.39 is 33.3 Å². The number of anilines is 1. The molecule has 0 spiro atoms. The third-order valence-corrected chi connectivity index (χ3v) is 11.0. The number of carbonyl (C=O) groups excluding carboxylic acids is 1. The van der Waals surface area contributed by atoms with Gasteiger partial charge in [0.05, 0.1) is 34.3 Å². The normalized spacial score (nSPS) is 24.8. The summed E-state index contributed by atoms with van der Waals surface area (Å²) in [6.07, 6.45) is 3.45. The van der Waals surface area contributed by atoms with Gasteiger partial charge in [0.25, 0.3) is 0 Å². The molecule has 3 fully saturated rings. The summed E-state index contributed by atoms with van der Waals surface area (Å²) in [7, 11) is -3.00. The van der Waals surface area contributed by atoms with Crippen LogP contribution in [-0.4, -0.2) is 60.6 Å². The molecule has 6 rings (SSSR count). The quantitative estimate of drug-likeness (QED) is 0.440. The van der Waals surface area contributed by atoms with E-state index in [9.17, 15) is 27.3 Å². The molecule has 3 heterocycles. The number of hydrogen-bond acceptors (Lipinski definition) is 8. The van der Waals surface area contributed by atoms with Gasteiger partial charge in [0.15, 0.2) is 9.84 Å². The second-order valence-corrected chi connectivity index (χ2v) is 14.4. The predicted molar refractivity (Wildman–Crippen MR) is 152 cm³/mol. The Bertz CT molecular complexity index is 1600. The minimum Gasteiger partial charge on any atom is -0.369 e. The van der Waals surface area contributed by atoms with E-state index in [1.54, 1.807) is 0 Å². The van der Waals surface area contributed by atoms with Crippen molar-refractivity contribution in [3.63, 3.8) is 0 Å². The molecule has 3 aromatic rings. The third kappa shape index (κ3) is 5.83. The number of aromatic nitrogens is 2. The van der Waals surface area contributed by atoms with Crippen molar-refractivity contribution in [1.82, 2.24) is 15.3 Å². The fourth-order valence-corrected chi connectivity index (χ4v) is 8.01. The van der Waals surface area contributed by atoms with Gasteiger partial charge in [0.2, 0.25) is 5.91 Å². The van der Waals surface area contributed by atoms with Gasteiger partial charge in [-0.05, 0) is 55.9 Å². The lowest BCUT2D eigenvalue weighted by Crippen LogP contribution is -2.44. The SMILES string of the molecule is N#CC1(NC(=O)C2CC(F)CCC2c2nc(-c3cncc(F)c3)sc2-c2ccc(N3CCS(=O)(=O)CC3)cc2)CC1. The number of nitrogens with zero attached hydrogens (tertiary/aromatic N) is 4. The number of halogens is 2. The first-order chi connectivity index (χ1) is 19.7. The number of amides is 1. The standard InChI is InChI=1S/C29H29F2N5O3S2/c30-20-3-6-23(24(14-20)27(37)35-29(17-32)7-8-29)25-26(40-28(34-25)19-13-21(31)16-33-15-19)18-1-4-22(5-2-18)36-9-11-41(38,39)12-10-36/h1-2,4-5,13,15-16,20,23-24H,3,6-12,14H2,(H,35,37). The number of hydrogen-bond donors (Lipinski definition) is 1. The second kappa shape index (κ2) is 10.8. The molecule has 1 aromatic carbocycles. The minimum absolute atomic E-state index is 0.0443. The van der Waals surface area contributed by atoms with E-state index in [1.165, 1.54) is 23.6 Å². The minimum atomic E-state index is -3.00. The number of benzene rings is 1. The number of thiazole rings is 1. The van der Waals surface area contributed by atoms with Crippen molar-refractivity contribution in [2.45, 2.75) is 49.7 Å². The van der Waals surface area contributed by atoms with Crippen molar-refractivity contribution in [3.8, 4) is 27.1 Å². The van der Waals surface area contributed by atoms with Crippen LogP contribution >= 0.6 is 11.3 Å². The molecule has 214 valence electrons. The molecule has 3 unspecified atom stereocenters. The van der Waals surface area contributed by atoms with Gasteiger partial charge in [-0.1, -0.05) is 12.1 Å². The molecule has 0 bridgehead atoms. The number of rotatable bonds is 6. The second-order valence-electron chi connectivity index (χ2n) is 11.1. The van der Waals surface area contributed by atoms with E-state index in [-0.39, 0.29) is 29.8 Å². The molecule has 2 aromatic heterocycles. The maximum absolute atomic E-state index is 14.7. The average molecular weight is 598 g/mol. The zero-order valence-electron chi connectivity index (χ0n) is 22.2. The lowest BCUT2D eigenvalue weighted by atomic mass is 9.75. The highest BCUT2D eigenvalue weighted by Crippen LogP contribution is 2.47. The van der Waals surface area contributed by atoms with E-state index >= 15 is 0 Å². The molecule has 1 amide bonds. The molecule has 1 N–H and O–H groups in total. The van der Waals surface area contributed by atoms with Crippen LogP contribution in [0.25, 0.3) is 21.0 Å². The topological polar surface area (TPSA) is 116 Å². The summed E-state index contributed by atoms with van der Waals surface area (Å²) in [5.41, 5.74) is 2.05. The van der Waals surface area contributed by atoms with Crippen LogP contribution in [0.2, 0.25) is 0 Å². The molecule has 2 saturated carbocycles. The lowest BCUT2D eigenvalue weighted by molar-refractivity contribution is -0.128. The largest absolute Gasteiger partial charge is 0.369 e. The molecule has 2 aliphatic carbocycles. The molecular weight excluding hydrogens is 568 g/mol. The first-order valence-corrected chi connectivity index (χ1v) is 16.3. The first kappa shape index (κ1) is 27.7. The predicted octanol–water partition coefficient (Wildman–Crippen LogP) is 4.64. The Labute approximate surface area is 241 Å². The van der Waals surface area contributed by atoms with Gasteiger partial charge in [0.1, 0.15) is 22.5 Å². The van der Waals surface area contributed by atoms with Gasteiger partial charge >= 0.3 is 0 Å². The van der Waals surface area contributed by atoms with E-state index in [4.69, 9.17) is 4.98 Å². The molecule has 3 atom stereocenters. The summed E-state index contributed by atoms with van der Waals surface area (Å²) in [5, 5.41) is 12.9. The lowest BCUT2D eigenvalue weighted by Gasteiger charge is -2.32. The number of sulfone groups is 1.